The van der Waals surface area contributed by atoms with Gasteiger partial charge in [-0.25, -0.2) is 4.79 Å². The summed E-state index contributed by atoms with van der Waals surface area (Å²) in [5.41, 5.74) is 0.397. The Kier molecular flexibility index (Phi) is 4.98. The van der Waals surface area contributed by atoms with E-state index in [0.29, 0.717) is 34.6 Å². The molecular weight excluding hydrogens is 408 g/mol. The molecule has 2 heterocycles. The first-order valence-electron chi connectivity index (χ1n) is 7.94. The molecule has 3 rings (SSSR count). The molecule has 1 aromatic carbocycles. The third kappa shape index (κ3) is 3.23. The molecule has 25 heavy (non-hydrogen) atoms. The summed E-state index contributed by atoms with van der Waals surface area (Å²) in [6, 6.07) is 4.53. The van der Waals surface area contributed by atoms with Gasteiger partial charge in [0, 0.05) is 18.2 Å². The number of benzene rings is 1. The molecule has 0 aliphatic carbocycles. The first-order chi connectivity index (χ1) is 11.9. The van der Waals surface area contributed by atoms with Crippen LogP contribution in [0, 0.1) is 11.3 Å². The Hall–Kier alpha value is -1.72. The fraction of sp³-hybridized carbons (Fsp3) is 0.471. The molecule has 8 heteroatoms. The van der Waals surface area contributed by atoms with Crippen molar-refractivity contribution in [1.82, 2.24) is 4.90 Å². The molecular formula is C17H17BrN2O4S. The second-order valence-corrected chi connectivity index (χ2v) is 8.37. The predicted molar refractivity (Wildman–Crippen MR) is 96.4 cm³/mol. The molecule has 0 bridgehead atoms. The molecule has 0 aromatic heterocycles. The van der Waals surface area contributed by atoms with Crippen molar-refractivity contribution in [2.75, 3.05) is 12.4 Å². The smallest absolute Gasteiger partial charge is 0.335 e. The van der Waals surface area contributed by atoms with Gasteiger partial charge in [-0.05, 0) is 42.3 Å². The quantitative estimate of drug-likeness (QED) is 0.545. The van der Waals surface area contributed by atoms with Crippen LogP contribution in [0.25, 0.3) is 0 Å². The van der Waals surface area contributed by atoms with E-state index < -0.39 is 12.0 Å². The zero-order chi connectivity index (χ0) is 18.2. The molecule has 0 saturated carbocycles. The van der Waals surface area contributed by atoms with Crippen molar-refractivity contribution in [3.63, 3.8) is 0 Å². The molecule has 2 atom stereocenters. The number of hydrogen-bond donors (Lipinski definition) is 0. The molecule has 0 radical (unpaired) electrons. The fourth-order valence-electron chi connectivity index (χ4n) is 3.16. The van der Waals surface area contributed by atoms with Crippen molar-refractivity contribution < 1.29 is 19.1 Å². The summed E-state index contributed by atoms with van der Waals surface area (Å²) in [6.45, 7) is 4.16. The van der Waals surface area contributed by atoms with Crippen LogP contribution >= 0.6 is 27.7 Å². The monoisotopic (exact) mass is 424 g/mol. The van der Waals surface area contributed by atoms with Crippen molar-refractivity contribution >= 4 is 39.6 Å². The highest BCUT2D eigenvalue weighted by atomic mass is 79.9. The maximum absolute atomic E-state index is 12.7. The summed E-state index contributed by atoms with van der Waals surface area (Å²) in [5, 5.41) is 9.08. The number of thioether (sulfide) groups is 1. The number of hydrogen-bond acceptors (Lipinski definition) is 6. The molecule has 1 aromatic rings. The van der Waals surface area contributed by atoms with Crippen LogP contribution in [0.4, 0.5) is 0 Å². The summed E-state index contributed by atoms with van der Waals surface area (Å²) in [5.74, 6) is 0.564. The maximum Gasteiger partial charge on any atom is 0.335 e. The molecule has 0 N–H and O–H groups in total. The van der Waals surface area contributed by atoms with Gasteiger partial charge in [0.15, 0.2) is 11.5 Å². The third-order valence-corrected chi connectivity index (χ3v) is 6.45. The van der Waals surface area contributed by atoms with E-state index in [9.17, 15) is 9.59 Å². The average Bonchev–Trinajstić information content (AvgIpc) is 3.07. The zero-order valence-corrected chi connectivity index (χ0v) is 16.3. The molecule has 2 unspecified atom stereocenters. The molecule has 2 aliphatic heterocycles. The van der Waals surface area contributed by atoms with Crippen LogP contribution < -0.4 is 9.47 Å². The SMILES string of the molecule is CCOc1cc(C#N)cc(Br)c1OC(=O)C1CSC2(C)CCC(=O)N12. The number of nitrogens with zero attached hydrogens (tertiary/aromatic N) is 2. The van der Waals surface area contributed by atoms with Gasteiger partial charge in [-0.3, -0.25) is 4.79 Å². The van der Waals surface area contributed by atoms with Crippen LogP contribution in [0.2, 0.25) is 0 Å². The molecule has 2 saturated heterocycles. The Labute approximate surface area is 158 Å². The van der Waals surface area contributed by atoms with Crippen molar-refractivity contribution in [3.8, 4) is 17.6 Å². The van der Waals surface area contributed by atoms with Crippen LogP contribution in [0.15, 0.2) is 16.6 Å². The number of ether oxygens (including phenoxy) is 2. The van der Waals surface area contributed by atoms with Crippen molar-refractivity contribution in [2.24, 2.45) is 0 Å². The molecule has 0 spiro atoms. The molecule has 1 amide bonds. The Morgan fingerprint density at radius 3 is 3.00 bits per heavy atom. The van der Waals surface area contributed by atoms with E-state index in [1.54, 1.807) is 29.7 Å². The van der Waals surface area contributed by atoms with Gasteiger partial charge < -0.3 is 14.4 Å². The van der Waals surface area contributed by atoms with Crippen molar-refractivity contribution in [3.05, 3.63) is 22.2 Å². The van der Waals surface area contributed by atoms with Crippen LogP contribution in [0.5, 0.6) is 11.5 Å². The average molecular weight is 425 g/mol. The maximum atomic E-state index is 12.7. The van der Waals surface area contributed by atoms with Gasteiger partial charge in [-0.15, -0.1) is 11.8 Å². The van der Waals surface area contributed by atoms with E-state index in [4.69, 9.17) is 14.7 Å². The van der Waals surface area contributed by atoms with Crippen LogP contribution in [-0.4, -0.2) is 40.0 Å². The van der Waals surface area contributed by atoms with E-state index >= 15 is 0 Å². The van der Waals surface area contributed by atoms with Gasteiger partial charge in [0.2, 0.25) is 5.91 Å². The van der Waals surface area contributed by atoms with E-state index in [-0.39, 0.29) is 16.5 Å². The largest absolute Gasteiger partial charge is 0.490 e. The summed E-state index contributed by atoms with van der Waals surface area (Å²) in [7, 11) is 0. The number of rotatable bonds is 4. The van der Waals surface area contributed by atoms with Crippen LogP contribution in [0.1, 0.15) is 32.3 Å². The number of nitriles is 1. The second kappa shape index (κ2) is 6.89. The van der Waals surface area contributed by atoms with Crippen molar-refractivity contribution in [2.45, 2.75) is 37.6 Å². The lowest BCUT2D eigenvalue weighted by Crippen LogP contribution is -2.47. The Morgan fingerprint density at radius 1 is 1.56 bits per heavy atom. The lowest BCUT2D eigenvalue weighted by molar-refractivity contribution is -0.146. The van der Waals surface area contributed by atoms with E-state index in [1.165, 1.54) is 6.07 Å². The molecule has 132 valence electrons. The Morgan fingerprint density at radius 2 is 2.32 bits per heavy atom. The standard InChI is InChI=1S/C17H17BrN2O4S/c1-3-23-13-7-10(8-19)6-11(18)15(13)24-16(22)12-9-25-17(2)5-4-14(21)20(12)17/h6-7,12H,3-5,9H2,1-2H3. The summed E-state index contributed by atoms with van der Waals surface area (Å²) >= 11 is 4.94. The molecule has 2 fully saturated rings. The number of fused-ring (bicyclic) bond motifs is 1. The third-order valence-electron chi connectivity index (χ3n) is 4.36. The Balaban J connectivity index is 1.86. The van der Waals surface area contributed by atoms with Gasteiger partial charge in [0.1, 0.15) is 6.04 Å². The zero-order valence-electron chi connectivity index (χ0n) is 13.9. The van der Waals surface area contributed by atoms with Gasteiger partial charge >= 0.3 is 5.97 Å². The summed E-state index contributed by atoms with van der Waals surface area (Å²) < 4.78 is 11.6. The van der Waals surface area contributed by atoms with E-state index in [0.717, 1.165) is 6.42 Å². The van der Waals surface area contributed by atoms with Gasteiger partial charge in [-0.2, -0.15) is 5.26 Å². The lowest BCUT2D eigenvalue weighted by atomic mass is 10.2. The first-order valence-corrected chi connectivity index (χ1v) is 9.71. The topological polar surface area (TPSA) is 79.6 Å². The van der Waals surface area contributed by atoms with Crippen LogP contribution in [0.3, 0.4) is 0 Å². The normalized spacial score (nSPS) is 24.8. The minimum absolute atomic E-state index is 0.0154. The number of carbonyl (C=O) groups excluding carboxylic acids is 2. The second-order valence-electron chi connectivity index (χ2n) is 6.02. The predicted octanol–water partition coefficient (Wildman–Crippen LogP) is 3.08. The number of carbonyl (C=O) groups is 2. The summed E-state index contributed by atoms with van der Waals surface area (Å²) in [4.78, 5) is 26.2. The Bertz CT molecular complexity index is 779. The van der Waals surface area contributed by atoms with E-state index in [1.807, 2.05) is 13.0 Å². The minimum atomic E-state index is -0.609. The highest BCUT2D eigenvalue weighted by Gasteiger charge is 2.53. The van der Waals surface area contributed by atoms with Gasteiger partial charge in [-0.1, -0.05) is 0 Å². The minimum Gasteiger partial charge on any atom is -0.490 e. The lowest BCUT2D eigenvalue weighted by Gasteiger charge is -2.29. The van der Waals surface area contributed by atoms with Gasteiger partial charge in [0.05, 0.1) is 27.6 Å². The highest BCUT2D eigenvalue weighted by molar-refractivity contribution is 9.10. The number of amides is 1. The molecule has 6 nitrogen and oxygen atoms in total. The number of halogens is 1. The van der Waals surface area contributed by atoms with Crippen molar-refractivity contribution in [1.29, 1.82) is 5.26 Å². The van der Waals surface area contributed by atoms with E-state index in [2.05, 4.69) is 15.9 Å². The number of esters is 1. The first kappa shape index (κ1) is 18.1. The summed E-state index contributed by atoms with van der Waals surface area (Å²) in [6.07, 6.45) is 1.20. The van der Waals surface area contributed by atoms with Gasteiger partial charge in [0.25, 0.3) is 0 Å². The highest BCUT2D eigenvalue weighted by Crippen LogP contribution is 2.48. The molecule has 2 aliphatic rings. The van der Waals surface area contributed by atoms with Crippen LogP contribution in [-0.2, 0) is 9.59 Å². The fourth-order valence-corrected chi connectivity index (χ4v) is 5.10.